The maximum atomic E-state index is 14.3. The number of amides is 1. The van der Waals surface area contributed by atoms with Gasteiger partial charge in [-0.2, -0.15) is 4.99 Å². The number of furan rings is 1. The van der Waals surface area contributed by atoms with Crippen LogP contribution in [0.25, 0.3) is 10.2 Å². The van der Waals surface area contributed by atoms with Crippen molar-refractivity contribution in [2.24, 2.45) is 4.99 Å². The first kappa shape index (κ1) is 18.5. The second-order valence-corrected chi connectivity index (χ2v) is 6.82. The molecule has 0 atom stereocenters. The summed E-state index contributed by atoms with van der Waals surface area (Å²) in [4.78, 5) is 28.0. The van der Waals surface area contributed by atoms with Gasteiger partial charge in [-0.3, -0.25) is 9.59 Å². The van der Waals surface area contributed by atoms with Crippen LogP contribution in [0, 0.1) is 11.6 Å². The Hall–Kier alpha value is -2.33. The van der Waals surface area contributed by atoms with Gasteiger partial charge in [-0.25, -0.2) is 8.78 Å². The average molecular weight is 445 g/mol. The van der Waals surface area contributed by atoms with E-state index < -0.39 is 23.5 Å². The highest BCUT2D eigenvalue weighted by Gasteiger charge is 2.18. The van der Waals surface area contributed by atoms with E-state index in [2.05, 4.69) is 20.9 Å². The molecule has 0 saturated heterocycles. The quantitative estimate of drug-likeness (QED) is 0.575. The van der Waals surface area contributed by atoms with Crippen LogP contribution in [0.4, 0.5) is 8.78 Å². The van der Waals surface area contributed by atoms with Crippen LogP contribution in [0.15, 0.2) is 38.3 Å². The minimum Gasteiger partial charge on any atom is -0.465 e. The summed E-state index contributed by atoms with van der Waals surface area (Å²) in [7, 11) is 0. The van der Waals surface area contributed by atoms with E-state index in [1.165, 1.54) is 16.7 Å². The first-order valence-corrected chi connectivity index (χ1v) is 8.98. The fourth-order valence-corrected chi connectivity index (χ4v) is 3.64. The Bertz CT molecular complexity index is 1070. The van der Waals surface area contributed by atoms with Crippen LogP contribution in [0.2, 0.25) is 0 Å². The molecule has 0 saturated carbocycles. The fourth-order valence-electron chi connectivity index (χ4n) is 2.27. The third-order valence-corrected chi connectivity index (χ3v) is 4.72. The minimum absolute atomic E-state index is 0.0232. The zero-order chi connectivity index (χ0) is 18.8. The maximum Gasteiger partial charge on any atom is 0.326 e. The molecule has 0 radical (unpaired) electrons. The maximum absolute atomic E-state index is 14.3. The van der Waals surface area contributed by atoms with Crippen LogP contribution < -0.4 is 4.80 Å². The summed E-state index contributed by atoms with van der Waals surface area (Å²) in [6, 6.07) is 4.75. The number of nitrogens with zero attached hydrogens (tertiary/aromatic N) is 2. The number of esters is 1. The smallest absolute Gasteiger partial charge is 0.326 e. The van der Waals surface area contributed by atoms with Crippen LogP contribution >= 0.6 is 27.3 Å². The molecule has 3 rings (SSSR count). The topological polar surface area (TPSA) is 73.8 Å². The number of benzene rings is 1. The second kappa shape index (κ2) is 7.50. The number of rotatable bonds is 4. The number of hydrogen-bond donors (Lipinski definition) is 0. The van der Waals surface area contributed by atoms with Gasteiger partial charge in [0.2, 0.25) is 0 Å². The predicted molar refractivity (Wildman–Crippen MR) is 92.7 cm³/mol. The number of fused-ring (bicyclic) bond motifs is 1. The highest BCUT2D eigenvalue weighted by atomic mass is 79.9. The molecule has 2 heterocycles. The second-order valence-electron chi connectivity index (χ2n) is 5.03. The summed E-state index contributed by atoms with van der Waals surface area (Å²) in [6.45, 7) is 1.41. The van der Waals surface area contributed by atoms with Gasteiger partial charge in [-0.15, -0.1) is 0 Å². The van der Waals surface area contributed by atoms with E-state index in [0.29, 0.717) is 10.7 Å². The minimum atomic E-state index is -0.866. The number of hydrogen-bond acceptors (Lipinski definition) is 5. The van der Waals surface area contributed by atoms with Crippen LogP contribution in [0.3, 0.4) is 0 Å². The standard InChI is InChI=1S/C16H11BrF2N2O4S/c1-2-24-13(22)7-21-14-9(19)5-8(18)6-11(14)26-16(21)20-15(23)10-3-4-12(17)25-10/h3-6H,2,7H2,1H3. The zero-order valence-corrected chi connectivity index (χ0v) is 15.7. The molecule has 26 heavy (non-hydrogen) atoms. The van der Waals surface area contributed by atoms with Gasteiger partial charge in [0, 0.05) is 6.07 Å². The molecule has 0 aliphatic rings. The number of halogens is 3. The zero-order valence-electron chi connectivity index (χ0n) is 13.3. The van der Waals surface area contributed by atoms with E-state index in [-0.39, 0.29) is 33.9 Å². The van der Waals surface area contributed by atoms with E-state index >= 15 is 0 Å². The van der Waals surface area contributed by atoms with Crippen LogP contribution in [0.5, 0.6) is 0 Å². The highest BCUT2D eigenvalue weighted by molar-refractivity contribution is 9.10. The summed E-state index contributed by atoms with van der Waals surface area (Å²) in [5.41, 5.74) is -0.0309. The molecule has 136 valence electrons. The van der Waals surface area contributed by atoms with E-state index in [4.69, 9.17) is 9.15 Å². The van der Waals surface area contributed by atoms with Gasteiger partial charge in [-0.05, 0) is 41.1 Å². The van der Waals surface area contributed by atoms with Gasteiger partial charge >= 0.3 is 11.9 Å². The van der Waals surface area contributed by atoms with Crippen molar-refractivity contribution >= 4 is 49.4 Å². The van der Waals surface area contributed by atoms with Crippen LogP contribution in [-0.2, 0) is 16.1 Å². The molecule has 0 N–H and O–H groups in total. The molecule has 3 aromatic rings. The number of ether oxygens (including phenoxy) is 1. The Kier molecular flexibility index (Phi) is 5.33. The number of thiazole rings is 1. The largest absolute Gasteiger partial charge is 0.465 e. The van der Waals surface area contributed by atoms with E-state index in [1.54, 1.807) is 6.92 Å². The van der Waals surface area contributed by atoms with Gasteiger partial charge in [0.15, 0.2) is 21.0 Å². The fraction of sp³-hybridized carbons (Fsp3) is 0.188. The molecule has 0 aliphatic carbocycles. The lowest BCUT2D eigenvalue weighted by Crippen LogP contribution is -2.23. The van der Waals surface area contributed by atoms with Crippen molar-refractivity contribution in [3.63, 3.8) is 0 Å². The average Bonchev–Trinajstić information content (AvgIpc) is 3.12. The van der Waals surface area contributed by atoms with Gasteiger partial charge < -0.3 is 13.7 Å². The third kappa shape index (κ3) is 3.75. The van der Waals surface area contributed by atoms with E-state index in [0.717, 1.165) is 17.4 Å². The summed E-state index contributed by atoms with van der Waals surface area (Å²) < 4.78 is 39.5. The lowest BCUT2D eigenvalue weighted by atomic mass is 10.3. The molecule has 0 aliphatic heterocycles. The van der Waals surface area contributed by atoms with Crippen molar-refractivity contribution in [1.82, 2.24) is 4.57 Å². The van der Waals surface area contributed by atoms with Crippen molar-refractivity contribution < 1.29 is 27.5 Å². The Morgan fingerprint density at radius 3 is 2.77 bits per heavy atom. The summed E-state index contributed by atoms with van der Waals surface area (Å²) in [6.07, 6.45) is 0. The molecule has 0 fully saturated rings. The van der Waals surface area contributed by atoms with Gasteiger partial charge in [0.05, 0.1) is 16.8 Å². The normalized spacial score (nSPS) is 11.9. The molecule has 0 unspecified atom stereocenters. The first-order chi connectivity index (χ1) is 12.4. The first-order valence-electron chi connectivity index (χ1n) is 7.37. The van der Waals surface area contributed by atoms with Gasteiger partial charge in [0.1, 0.15) is 12.4 Å². The van der Waals surface area contributed by atoms with Crippen molar-refractivity contribution in [3.8, 4) is 0 Å². The SMILES string of the molecule is CCOC(=O)Cn1c(=NC(=O)c2ccc(Br)o2)sc2cc(F)cc(F)c21. The lowest BCUT2D eigenvalue weighted by molar-refractivity contribution is -0.143. The molecule has 0 bridgehead atoms. The number of aromatic nitrogens is 1. The van der Waals surface area contributed by atoms with Crippen LogP contribution in [-0.4, -0.2) is 23.1 Å². The molecule has 1 amide bonds. The molecule has 6 nitrogen and oxygen atoms in total. The highest BCUT2D eigenvalue weighted by Crippen LogP contribution is 2.23. The van der Waals surface area contributed by atoms with Gasteiger partial charge in [-0.1, -0.05) is 11.3 Å². The molecule has 1 aromatic carbocycles. The van der Waals surface area contributed by atoms with Gasteiger partial charge in [0.25, 0.3) is 0 Å². The van der Waals surface area contributed by atoms with Crippen molar-refractivity contribution in [2.75, 3.05) is 6.61 Å². The monoisotopic (exact) mass is 444 g/mol. The third-order valence-electron chi connectivity index (χ3n) is 3.27. The number of carbonyl (C=O) groups excluding carboxylic acids is 2. The Morgan fingerprint density at radius 2 is 2.12 bits per heavy atom. The summed E-state index contributed by atoms with van der Waals surface area (Å²) in [5.74, 6) is -3.03. The molecule has 10 heteroatoms. The van der Waals surface area contributed by atoms with Crippen LogP contribution in [0.1, 0.15) is 17.5 Å². The van der Waals surface area contributed by atoms with Crippen molar-refractivity contribution in [2.45, 2.75) is 13.5 Å². The predicted octanol–water partition coefficient (Wildman–Crippen LogP) is 3.64. The Balaban J connectivity index is 2.16. The molecule has 2 aromatic heterocycles. The number of carbonyl (C=O) groups is 2. The van der Waals surface area contributed by atoms with E-state index in [1.807, 2.05) is 0 Å². The van der Waals surface area contributed by atoms with Crippen molar-refractivity contribution in [1.29, 1.82) is 0 Å². The molecule has 0 spiro atoms. The Labute approximate surface area is 157 Å². The molecular formula is C16H11BrF2N2O4S. The summed E-state index contributed by atoms with van der Waals surface area (Å²) >= 11 is 3.96. The lowest BCUT2D eigenvalue weighted by Gasteiger charge is -2.05. The Morgan fingerprint density at radius 1 is 1.35 bits per heavy atom. The molecular weight excluding hydrogens is 434 g/mol. The van der Waals surface area contributed by atoms with E-state index in [9.17, 15) is 18.4 Å². The summed E-state index contributed by atoms with van der Waals surface area (Å²) in [5, 5.41) is 0. The van der Waals surface area contributed by atoms with Crippen molar-refractivity contribution in [3.05, 3.63) is 51.1 Å².